The molecule has 3 aromatic rings. The van der Waals surface area contributed by atoms with Crippen LogP contribution in [0, 0.1) is 13.8 Å². The molecule has 36 heavy (non-hydrogen) atoms. The Bertz CT molecular complexity index is 1290. The van der Waals surface area contributed by atoms with Crippen LogP contribution in [0.1, 0.15) is 67.8 Å². The summed E-state index contributed by atoms with van der Waals surface area (Å²) in [5.74, 6) is 0.691. The average Bonchev–Trinajstić information content (AvgIpc) is 3.13. The molecule has 190 valence electrons. The zero-order valence-electron chi connectivity index (χ0n) is 22.3. The van der Waals surface area contributed by atoms with Crippen LogP contribution in [0.15, 0.2) is 48.5 Å². The van der Waals surface area contributed by atoms with E-state index >= 15 is 0 Å². The van der Waals surface area contributed by atoms with Gasteiger partial charge in [-0.2, -0.15) is 5.10 Å². The molecule has 0 fully saturated rings. The molecule has 6 nitrogen and oxygen atoms in total. The van der Waals surface area contributed by atoms with Crippen molar-refractivity contribution >= 4 is 29.4 Å². The van der Waals surface area contributed by atoms with Crippen molar-refractivity contribution in [3.05, 3.63) is 76.5 Å². The summed E-state index contributed by atoms with van der Waals surface area (Å²) in [5.41, 5.74) is 5.97. The van der Waals surface area contributed by atoms with Gasteiger partial charge in [-0.05, 0) is 56.5 Å². The van der Waals surface area contributed by atoms with Crippen molar-refractivity contribution in [2.24, 2.45) is 0 Å². The number of nitrogens with zero attached hydrogens (tertiary/aromatic N) is 3. The van der Waals surface area contributed by atoms with Gasteiger partial charge in [0.25, 0.3) is 0 Å². The van der Waals surface area contributed by atoms with Crippen LogP contribution in [0.4, 0.5) is 5.82 Å². The molecule has 1 unspecified atom stereocenters. The Labute approximate surface area is 218 Å². The van der Waals surface area contributed by atoms with E-state index < -0.39 is 0 Å². The summed E-state index contributed by atoms with van der Waals surface area (Å²) in [6.07, 6.45) is 0. The molecular formula is C29H36N4O2S. The Morgan fingerprint density at radius 3 is 2.50 bits per heavy atom. The summed E-state index contributed by atoms with van der Waals surface area (Å²) in [7, 11) is 0. The second-order valence-electron chi connectivity index (χ2n) is 10.8. The van der Waals surface area contributed by atoms with Crippen LogP contribution in [0.2, 0.25) is 0 Å². The van der Waals surface area contributed by atoms with Crippen LogP contribution < -0.4 is 10.2 Å². The summed E-state index contributed by atoms with van der Waals surface area (Å²) in [5, 5.41) is 8.02. The highest BCUT2D eigenvalue weighted by Crippen LogP contribution is 2.49. The first-order valence-corrected chi connectivity index (χ1v) is 13.5. The Balaban J connectivity index is 2.03. The Morgan fingerprint density at radius 2 is 1.86 bits per heavy atom. The lowest BCUT2D eigenvalue weighted by Crippen LogP contribution is -2.44. The Hall–Kier alpha value is -3.06. The highest BCUT2D eigenvalue weighted by atomic mass is 32.2. The number of amides is 2. The fourth-order valence-corrected chi connectivity index (χ4v) is 5.94. The molecule has 0 bridgehead atoms. The second-order valence-corrected chi connectivity index (χ2v) is 11.9. The molecule has 0 saturated heterocycles. The van der Waals surface area contributed by atoms with Crippen molar-refractivity contribution in [2.75, 3.05) is 17.2 Å². The van der Waals surface area contributed by atoms with Crippen molar-refractivity contribution < 1.29 is 9.59 Å². The molecule has 1 aliphatic heterocycles. The number of benzene rings is 2. The largest absolute Gasteiger partial charge is 0.352 e. The van der Waals surface area contributed by atoms with Gasteiger partial charge in [0.1, 0.15) is 12.4 Å². The molecule has 7 heteroatoms. The van der Waals surface area contributed by atoms with Crippen molar-refractivity contribution in [2.45, 2.75) is 65.2 Å². The summed E-state index contributed by atoms with van der Waals surface area (Å²) in [6.45, 7) is 14.4. The van der Waals surface area contributed by atoms with Crippen molar-refractivity contribution in [3.63, 3.8) is 0 Å². The first-order chi connectivity index (χ1) is 17.0. The standard InChI is InChI=1S/C29H36N4O2S/c1-18(2)30-23(34)16-32-24(35)17-36-26(22-14-9-8-12-20(22)4)25-27(29(5,6)7)31-33(28(25)32)21-13-10-11-19(3)15-21/h8-15,18,26H,16-17H2,1-7H3,(H,30,34). The molecule has 1 N–H and O–H groups in total. The first-order valence-electron chi connectivity index (χ1n) is 12.4. The molecule has 0 saturated carbocycles. The number of carbonyl (C=O) groups is 2. The minimum atomic E-state index is -0.278. The number of aromatic nitrogens is 2. The fourth-order valence-electron chi connectivity index (χ4n) is 4.65. The third-order valence-electron chi connectivity index (χ3n) is 6.27. The number of anilines is 1. The highest BCUT2D eigenvalue weighted by molar-refractivity contribution is 8.00. The number of hydrogen-bond donors (Lipinski definition) is 1. The number of fused-ring (bicyclic) bond motifs is 1. The summed E-state index contributed by atoms with van der Waals surface area (Å²) in [6, 6.07) is 16.4. The lowest BCUT2D eigenvalue weighted by molar-refractivity contribution is -0.123. The molecule has 0 spiro atoms. The van der Waals surface area contributed by atoms with Crippen LogP contribution in [-0.4, -0.2) is 39.9 Å². The van der Waals surface area contributed by atoms with Crippen molar-refractivity contribution in [1.29, 1.82) is 0 Å². The van der Waals surface area contributed by atoms with Crippen molar-refractivity contribution in [1.82, 2.24) is 15.1 Å². The van der Waals surface area contributed by atoms with E-state index in [1.54, 1.807) is 16.7 Å². The highest BCUT2D eigenvalue weighted by Gasteiger charge is 2.40. The topological polar surface area (TPSA) is 67.2 Å². The second kappa shape index (κ2) is 10.1. The molecule has 0 radical (unpaired) electrons. The van der Waals surface area contributed by atoms with Crippen LogP contribution in [0.3, 0.4) is 0 Å². The molecule has 2 heterocycles. The summed E-state index contributed by atoms with van der Waals surface area (Å²) >= 11 is 1.61. The quantitative estimate of drug-likeness (QED) is 0.500. The van der Waals surface area contributed by atoms with Crippen LogP contribution in [0.25, 0.3) is 5.69 Å². The molecule has 1 atom stereocenters. The van der Waals surface area contributed by atoms with Gasteiger partial charge in [-0.25, -0.2) is 4.68 Å². The number of rotatable bonds is 5. The number of thioether (sulfide) groups is 1. The minimum absolute atomic E-state index is 0.0139. The number of hydrogen-bond acceptors (Lipinski definition) is 4. The lowest BCUT2D eigenvalue weighted by Gasteiger charge is -2.25. The van der Waals surface area contributed by atoms with E-state index in [-0.39, 0.29) is 40.8 Å². The monoisotopic (exact) mass is 504 g/mol. The number of carbonyl (C=O) groups excluding carboxylic acids is 2. The van der Waals surface area contributed by atoms with Gasteiger partial charge in [-0.1, -0.05) is 57.2 Å². The van der Waals surface area contributed by atoms with Crippen molar-refractivity contribution in [3.8, 4) is 5.69 Å². The van der Waals surface area contributed by atoms with Crippen LogP contribution in [-0.2, 0) is 15.0 Å². The SMILES string of the molecule is Cc1cccc(-n2nc(C(C)(C)C)c3c2N(CC(=O)NC(C)C)C(=O)CSC3c2ccccc2C)c1. The van der Waals surface area contributed by atoms with E-state index in [9.17, 15) is 9.59 Å². The van der Waals surface area contributed by atoms with Gasteiger partial charge in [0, 0.05) is 17.0 Å². The lowest BCUT2D eigenvalue weighted by atomic mass is 9.86. The smallest absolute Gasteiger partial charge is 0.240 e. The van der Waals surface area contributed by atoms with E-state index in [1.807, 2.05) is 55.8 Å². The normalized spacial score (nSPS) is 16.2. The van der Waals surface area contributed by atoms with Gasteiger partial charge in [-0.15, -0.1) is 11.8 Å². The number of aryl methyl sites for hydroxylation is 2. The van der Waals surface area contributed by atoms with Gasteiger partial charge in [0.2, 0.25) is 11.8 Å². The van der Waals surface area contributed by atoms with Gasteiger partial charge in [0.05, 0.1) is 22.4 Å². The van der Waals surface area contributed by atoms with E-state index in [2.05, 4.69) is 51.2 Å². The maximum atomic E-state index is 13.7. The maximum absolute atomic E-state index is 13.7. The van der Waals surface area contributed by atoms with E-state index in [0.29, 0.717) is 5.82 Å². The Kier molecular flexibility index (Phi) is 7.32. The zero-order chi connectivity index (χ0) is 26.2. The van der Waals surface area contributed by atoms with Gasteiger partial charge < -0.3 is 5.32 Å². The third-order valence-corrected chi connectivity index (χ3v) is 7.50. The first kappa shape index (κ1) is 26.0. The average molecular weight is 505 g/mol. The van der Waals surface area contributed by atoms with E-state index in [0.717, 1.165) is 22.5 Å². The molecule has 2 amide bonds. The molecule has 4 rings (SSSR count). The number of nitrogens with one attached hydrogen (secondary N) is 1. The summed E-state index contributed by atoms with van der Waals surface area (Å²) < 4.78 is 1.88. The molecule has 0 aliphatic carbocycles. The molecular weight excluding hydrogens is 468 g/mol. The van der Waals surface area contributed by atoms with Gasteiger partial charge >= 0.3 is 0 Å². The zero-order valence-corrected chi connectivity index (χ0v) is 23.1. The summed E-state index contributed by atoms with van der Waals surface area (Å²) in [4.78, 5) is 28.3. The van der Waals surface area contributed by atoms with E-state index in [1.165, 1.54) is 11.1 Å². The minimum Gasteiger partial charge on any atom is -0.352 e. The Morgan fingerprint density at radius 1 is 1.14 bits per heavy atom. The fraction of sp³-hybridized carbons (Fsp3) is 0.414. The van der Waals surface area contributed by atoms with Crippen LogP contribution in [0.5, 0.6) is 0 Å². The van der Waals surface area contributed by atoms with E-state index in [4.69, 9.17) is 5.10 Å². The van der Waals surface area contributed by atoms with Crippen LogP contribution >= 0.6 is 11.8 Å². The molecule has 1 aromatic heterocycles. The van der Waals surface area contributed by atoms with Gasteiger partial charge in [-0.3, -0.25) is 14.5 Å². The van der Waals surface area contributed by atoms with Gasteiger partial charge in [0.15, 0.2) is 0 Å². The predicted molar refractivity (Wildman–Crippen MR) is 148 cm³/mol. The third kappa shape index (κ3) is 5.21. The maximum Gasteiger partial charge on any atom is 0.240 e. The molecule has 1 aliphatic rings. The predicted octanol–water partition coefficient (Wildman–Crippen LogP) is 5.48. The molecule has 2 aromatic carbocycles.